The molecule has 0 spiro atoms. The molecule has 0 fully saturated rings. The van der Waals surface area contributed by atoms with Gasteiger partial charge in [0, 0.05) is 35.0 Å². The van der Waals surface area contributed by atoms with Crippen LogP contribution >= 0.6 is 23.2 Å². The summed E-state index contributed by atoms with van der Waals surface area (Å²) >= 11 is 11.9. The van der Waals surface area contributed by atoms with Crippen LogP contribution in [0.5, 0.6) is 0 Å². The molecule has 6 heteroatoms. The fourth-order valence-electron chi connectivity index (χ4n) is 2.33. The van der Waals surface area contributed by atoms with Gasteiger partial charge in [0.25, 0.3) is 0 Å². The minimum absolute atomic E-state index is 0.0922. The van der Waals surface area contributed by atoms with Crippen LogP contribution in [0.25, 0.3) is 11.3 Å². The highest BCUT2D eigenvalue weighted by Crippen LogP contribution is 2.21. The normalized spacial score (nSPS) is 10.6. The second kappa shape index (κ2) is 8.19. The molecule has 0 aliphatic carbocycles. The van der Waals surface area contributed by atoms with E-state index in [9.17, 15) is 4.79 Å². The van der Waals surface area contributed by atoms with Crippen LogP contribution in [0.3, 0.4) is 0 Å². The summed E-state index contributed by atoms with van der Waals surface area (Å²) in [5.41, 5.74) is 1.78. The topological polar surface area (TPSA) is 55.1 Å². The standard InChI is InChI=1S/C19H16Cl2N2O2/c20-15-7-6-14(16(21)10-15)11-22-18(24)8-9-19-23-12-17(25-19)13-4-2-1-3-5-13/h1-7,10,12H,8-9,11H2,(H,22,24). The molecular weight excluding hydrogens is 359 g/mol. The van der Waals surface area contributed by atoms with Crippen molar-refractivity contribution in [2.24, 2.45) is 0 Å². The molecule has 0 unspecified atom stereocenters. The smallest absolute Gasteiger partial charge is 0.220 e. The van der Waals surface area contributed by atoms with E-state index in [-0.39, 0.29) is 5.91 Å². The lowest BCUT2D eigenvalue weighted by atomic mass is 10.2. The molecule has 0 aliphatic heterocycles. The molecule has 2 aromatic carbocycles. The number of oxazole rings is 1. The number of aromatic nitrogens is 1. The van der Waals surface area contributed by atoms with Gasteiger partial charge in [0.1, 0.15) is 0 Å². The lowest BCUT2D eigenvalue weighted by Gasteiger charge is -2.06. The van der Waals surface area contributed by atoms with Crippen molar-refractivity contribution < 1.29 is 9.21 Å². The van der Waals surface area contributed by atoms with Gasteiger partial charge in [-0.05, 0) is 17.7 Å². The minimum atomic E-state index is -0.0922. The Balaban J connectivity index is 1.50. The molecule has 0 saturated heterocycles. The number of amides is 1. The molecular formula is C19H16Cl2N2O2. The van der Waals surface area contributed by atoms with Gasteiger partial charge in [-0.25, -0.2) is 4.98 Å². The lowest BCUT2D eigenvalue weighted by Crippen LogP contribution is -2.23. The van der Waals surface area contributed by atoms with E-state index in [0.29, 0.717) is 41.1 Å². The van der Waals surface area contributed by atoms with Crippen molar-refractivity contribution in [2.45, 2.75) is 19.4 Å². The quantitative estimate of drug-likeness (QED) is 0.667. The third-order valence-electron chi connectivity index (χ3n) is 3.67. The van der Waals surface area contributed by atoms with Crippen LogP contribution in [0.1, 0.15) is 17.9 Å². The Bertz CT molecular complexity index is 863. The molecule has 1 heterocycles. The number of carbonyl (C=O) groups excluding carboxylic acids is 1. The summed E-state index contributed by atoms with van der Waals surface area (Å²) in [6.45, 7) is 0.357. The van der Waals surface area contributed by atoms with Crippen molar-refractivity contribution in [3.63, 3.8) is 0 Å². The van der Waals surface area contributed by atoms with Gasteiger partial charge in [-0.2, -0.15) is 0 Å². The summed E-state index contributed by atoms with van der Waals surface area (Å²) in [5, 5.41) is 3.94. The SMILES string of the molecule is O=C(CCc1ncc(-c2ccccc2)o1)NCc1ccc(Cl)cc1Cl. The van der Waals surface area contributed by atoms with Gasteiger partial charge in [0.15, 0.2) is 11.7 Å². The lowest BCUT2D eigenvalue weighted by molar-refractivity contribution is -0.121. The van der Waals surface area contributed by atoms with E-state index in [4.69, 9.17) is 27.6 Å². The van der Waals surface area contributed by atoms with E-state index in [1.807, 2.05) is 30.3 Å². The van der Waals surface area contributed by atoms with Crippen molar-refractivity contribution in [1.82, 2.24) is 10.3 Å². The molecule has 128 valence electrons. The van der Waals surface area contributed by atoms with E-state index in [2.05, 4.69) is 10.3 Å². The number of rotatable bonds is 6. The zero-order valence-corrected chi connectivity index (χ0v) is 14.8. The largest absolute Gasteiger partial charge is 0.441 e. The maximum absolute atomic E-state index is 12.0. The molecule has 0 saturated carbocycles. The first-order chi connectivity index (χ1) is 12.1. The van der Waals surface area contributed by atoms with Gasteiger partial charge in [0.05, 0.1) is 6.20 Å². The van der Waals surface area contributed by atoms with Crippen LogP contribution in [-0.2, 0) is 17.8 Å². The number of carbonyl (C=O) groups is 1. The minimum Gasteiger partial charge on any atom is -0.441 e. The number of hydrogen-bond acceptors (Lipinski definition) is 3. The number of hydrogen-bond donors (Lipinski definition) is 1. The zero-order chi connectivity index (χ0) is 17.6. The fraction of sp³-hybridized carbons (Fsp3) is 0.158. The van der Waals surface area contributed by atoms with Crippen molar-refractivity contribution in [3.05, 3.63) is 76.2 Å². The van der Waals surface area contributed by atoms with E-state index in [0.717, 1.165) is 11.1 Å². The van der Waals surface area contributed by atoms with E-state index < -0.39 is 0 Å². The average molecular weight is 375 g/mol. The summed E-state index contributed by atoms with van der Waals surface area (Å²) in [7, 11) is 0. The Morgan fingerprint density at radius 2 is 1.92 bits per heavy atom. The molecule has 1 N–H and O–H groups in total. The molecule has 0 bridgehead atoms. The summed E-state index contributed by atoms with van der Waals surface area (Å²) in [6.07, 6.45) is 2.41. The highest BCUT2D eigenvalue weighted by molar-refractivity contribution is 6.35. The van der Waals surface area contributed by atoms with Gasteiger partial charge in [-0.15, -0.1) is 0 Å². The summed E-state index contributed by atoms with van der Waals surface area (Å²) in [6, 6.07) is 14.9. The molecule has 1 aromatic heterocycles. The number of nitrogens with zero attached hydrogens (tertiary/aromatic N) is 1. The molecule has 0 radical (unpaired) electrons. The number of benzene rings is 2. The predicted octanol–water partition coefficient (Wildman–Crippen LogP) is 4.90. The summed E-state index contributed by atoms with van der Waals surface area (Å²) in [4.78, 5) is 16.2. The first-order valence-electron chi connectivity index (χ1n) is 7.82. The van der Waals surface area contributed by atoms with Gasteiger partial charge in [0.2, 0.25) is 5.91 Å². The fourth-order valence-corrected chi connectivity index (χ4v) is 2.80. The van der Waals surface area contributed by atoms with Crippen LogP contribution in [0.15, 0.2) is 59.1 Å². The van der Waals surface area contributed by atoms with E-state index >= 15 is 0 Å². The number of aryl methyl sites for hydroxylation is 1. The Morgan fingerprint density at radius 3 is 2.68 bits per heavy atom. The van der Waals surface area contributed by atoms with Gasteiger partial charge in [-0.3, -0.25) is 4.79 Å². The maximum atomic E-state index is 12.0. The van der Waals surface area contributed by atoms with Crippen LogP contribution in [0.2, 0.25) is 10.0 Å². The Morgan fingerprint density at radius 1 is 1.12 bits per heavy atom. The van der Waals surface area contributed by atoms with Crippen molar-refractivity contribution in [2.75, 3.05) is 0 Å². The van der Waals surface area contributed by atoms with Crippen LogP contribution in [0.4, 0.5) is 0 Å². The predicted molar refractivity (Wildman–Crippen MR) is 98.6 cm³/mol. The van der Waals surface area contributed by atoms with Gasteiger partial charge in [-0.1, -0.05) is 59.6 Å². The average Bonchev–Trinajstić information content (AvgIpc) is 3.09. The second-order valence-corrected chi connectivity index (χ2v) is 6.34. The van der Waals surface area contributed by atoms with E-state index in [1.165, 1.54) is 0 Å². The molecule has 1 amide bonds. The first kappa shape index (κ1) is 17.5. The monoisotopic (exact) mass is 374 g/mol. The Kier molecular flexibility index (Phi) is 5.74. The molecule has 3 rings (SSSR count). The molecule has 0 atom stereocenters. The first-order valence-corrected chi connectivity index (χ1v) is 8.58. The highest BCUT2D eigenvalue weighted by atomic mass is 35.5. The van der Waals surface area contributed by atoms with Crippen LogP contribution in [0, 0.1) is 0 Å². The molecule has 25 heavy (non-hydrogen) atoms. The second-order valence-electron chi connectivity index (χ2n) is 5.50. The third-order valence-corrected chi connectivity index (χ3v) is 4.26. The number of halogens is 2. The van der Waals surface area contributed by atoms with Crippen molar-refractivity contribution in [1.29, 1.82) is 0 Å². The maximum Gasteiger partial charge on any atom is 0.220 e. The van der Waals surface area contributed by atoms with Crippen molar-refractivity contribution in [3.8, 4) is 11.3 Å². The molecule has 0 aliphatic rings. The van der Waals surface area contributed by atoms with Crippen LogP contribution in [-0.4, -0.2) is 10.9 Å². The Labute approximate surface area is 155 Å². The highest BCUT2D eigenvalue weighted by Gasteiger charge is 2.09. The Hall–Kier alpha value is -2.30. The van der Waals surface area contributed by atoms with Crippen molar-refractivity contribution >= 4 is 29.1 Å². The van der Waals surface area contributed by atoms with E-state index in [1.54, 1.807) is 24.4 Å². The van der Waals surface area contributed by atoms with Crippen LogP contribution < -0.4 is 5.32 Å². The number of nitrogens with one attached hydrogen (secondary N) is 1. The molecule has 3 aromatic rings. The zero-order valence-electron chi connectivity index (χ0n) is 13.3. The van der Waals surface area contributed by atoms with Gasteiger partial charge >= 0.3 is 0 Å². The van der Waals surface area contributed by atoms with Gasteiger partial charge < -0.3 is 9.73 Å². The third kappa shape index (κ3) is 4.84. The molecule has 4 nitrogen and oxygen atoms in total. The summed E-state index contributed by atoms with van der Waals surface area (Å²) < 4.78 is 5.69. The summed E-state index contributed by atoms with van der Waals surface area (Å²) in [5.74, 6) is 1.15.